The first-order valence-electron chi connectivity index (χ1n) is 24.2. The zero-order chi connectivity index (χ0) is 42.7. The number of ether oxygens (including phenoxy) is 2. The van der Waals surface area contributed by atoms with E-state index in [1.165, 1.54) is 11.1 Å². The largest absolute Gasteiger partial charge is 0.381 e. The van der Waals surface area contributed by atoms with Crippen LogP contribution in [0.1, 0.15) is 135 Å². The maximum absolute atomic E-state index is 15.4. The third-order valence-electron chi connectivity index (χ3n) is 17.6. The van der Waals surface area contributed by atoms with Gasteiger partial charge >= 0.3 is 0 Å². The number of amides is 2. The first-order valence-corrected chi connectivity index (χ1v) is 24.2. The third kappa shape index (κ3) is 7.71. The highest BCUT2D eigenvalue weighted by atomic mass is 19.1. The molecule has 1 aromatic rings. The number of hydrogen-bond acceptors (Lipinski definition) is 6. The summed E-state index contributed by atoms with van der Waals surface area (Å²) in [5, 5.41) is 13.7. The zero-order valence-electron chi connectivity index (χ0n) is 37.8. The Morgan fingerprint density at radius 3 is 2.16 bits per heavy atom. The van der Waals surface area contributed by atoms with Gasteiger partial charge in [0.15, 0.2) is 0 Å². The molecule has 0 aromatic heterocycles. The molecule has 8 aliphatic carbocycles. The summed E-state index contributed by atoms with van der Waals surface area (Å²) in [7, 11) is 0. The van der Waals surface area contributed by atoms with Crippen LogP contribution in [0.2, 0.25) is 0 Å². The monoisotopic (exact) mass is 839 g/mol. The molecule has 10 fully saturated rings. The molecular formula is C52H75FN4O4. The van der Waals surface area contributed by atoms with Gasteiger partial charge in [0.25, 0.3) is 0 Å². The second-order valence-corrected chi connectivity index (χ2v) is 22.4. The van der Waals surface area contributed by atoms with Crippen LogP contribution < -0.4 is 21.3 Å². The zero-order valence-corrected chi connectivity index (χ0v) is 37.8. The number of carbonyl (C=O) groups excluding carboxylic acids is 2. The summed E-state index contributed by atoms with van der Waals surface area (Å²) in [6.45, 7) is 17.8. The Kier molecular flexibility index (Phi) is 11.6. The fourth-order valence-electron chi connectivity index (χ4n) is 16.4. The minimum absolute atomic E-state index is 0.00157. The van der Waals surface area contributed by atoms with E-state index in [0.29, 0.717) is 44.7 Å². The number of benzene rings is 1. The van der Waals surface area contributed by atoms with Crippen molar-refractivity contribution in [3.05, 3.63) is 71.8 Å². The van der Waals surface area contributed by atoms with Gasteiger partial charge in [-0.05, 0) is 187 Å². The third-order valence-corrected chi connectivity index (χ3v) is 17.6. The van der Waals surface area contributed by atoms with Crippen molar-refractivity contribution < 1.29 is 23.5 Å². The van der Waals surface area contributed by atoms with E-state index in [9.17, 15) is 4.79 Å². The summed E-state index contributed by atoms with van der Waals surface area (Å²) in [6, 6.07) is 9.83. The molecule has 0 radical (unpaired) electrons. The highest BCUT2D eigenvalue weighted by Crippen LogP contribution is 2.76. The molecule has 0 spiro atoms. The van der Waals surface area contributed by atoms with Crippen molar-refractivity contribution in [2.45, 2.75) is 159 Å². The number of piperidine rings is 2. The molecule has 10 aliphatic rings. The van der Waals surface area contributed by atoms with Crippen LogP contribution in [0.3, 0.4) is 0 Å². The van der Waals surface area contributed by atoms with Crippen molar-refractivity contribution in [3.63, 3.8) is 0 Å². The van der Waals surface area contributed by atoms with Gasteiger partial charge in [0.05, 0.1) is 30.1 Å². The molecule has 61 heavy (non-hydrogen) atoms. The van der Waals surface area contributed by atoms with Gasteiger partial charge in [0.2, 0.25) is 11.8 Å². The van der Waals surface area contributed by atoms with E-state index in [-0.39, 0.29) is 56.9 Å². The van der Waals surface area contributed by atoms with E-state index in [4.69, 9.17) is 16.1 Å². The molecule has 4 N–H and O–H groups in total. The molecule has 4 unspecified atom stereocenters. The highest BCUT2D eigenvalue weighted by Gasteiger charge is 2.71. The van der Waals surface area contributed by atoms with E-state index in [1.54, 1.807) is 0 Å². The molecule has 12 atom stereocenters. The molecule has 9 heteroatoms. The maximum Gasteiger partial charge on any atom is 0.226 e. The molecule has 11 rings (SSSR count). The Morgan fingerprint density at radius 1 is 0.787 bits per heavy atom. The molecule has 2 aliphatic heterocycles. The molecule has 8 saturated carbocycles. The number of rotatable bonds is 15. The number of hydrogen-bond donors (Lipinski definition) is 4. The summed E-state index contributed by atoms with van der Waals surface area (Å²) in [5.41, 5.74) is 1.85. The Bertz CT molecular complexity index is 1900. The Balaban J connectivity index is 1.08. The first kappa shape index (κ1) is 43.4. The van der Waals surface area contributed by atoms with Gasteiger partial charge in [-0.2, -0.15) is 0 Å². The lowest BCUT2D eigenvalue weighted by molar-refractivity contribution is -0.189. The van der Waals surface area contributed by atoms with Crippen LogP contribution in [-0.2, 0) is 29.9 Å². The summed E-state index contributed by atoms with van der Waals surface area (Å²) in [6.07, 6.45) is 21.0. The van der Waals surface area contributed by atoms with Gasteiger partial charge in [-0.15, -0.1) is 0 Å². The summed E-state index contributed by atoms with van der Waals surface area (Å²) in [4.78, 5) is 29.7. The SMILES string of the molecule is C=C(/C=C\C=C/C)[C@@]12CC3(C(=O)N[C@@H]4CCNC[C@H]4F)CC(c4ccc([C@]56CC7CC(C(=O)N[C@H]8CCN[C@@H](C)C8)(C[C@](COCC)(C7)C5)C6)cc4)(C[C@@](COCC)(C3)C1)C2. The van der Waals surface area contributed by atoms with Crippen LogP contribution in [0.15, 0.2) is 60.7 Å². The van der Waals surface area contributed by atoms with Gasteiger partial charge in [-0.25, -0.2) is 4.39 Å². The van der Waals surface area contributed by atoms with Gasteiger partial charge < -0.3 is 30.7 Å². The predicted octanol–water partition coefficient (Wildman–Crippen LogP) is 8.31. The Hall–Kier alpha value is -2.85. The van der Waals surface area contributed by atoms with Crippen LogP contribution in [0.4, 0.5) is 4.39 Å². The van der Waals surface area contributed by atoms with Crippen LogP contribution in [-0.4, -0.2) is 82.2 Å². The maximum atomic E-state index is 15.4. The van der Waals surface area contributed by atoms with Crippen LogP contribution in [0, 0.1) is 33.0 Å². The average Bonchev–Trinajstić information content (AvgIpc) is 3.22. The summed E-state index contributed by atoms with van der Waals surface area (Å²) >= 11 is 0. The smallest absolute Gasteiger partial charge is 0.226 e. The van der Waals surface area contributed by atoms with Crippen molar-refractivity contribution in [2.75, 3.05) is 46.1 Å². The topological polar surface area (TPSA) is 101 Å². The fraction of sp³-hybridized carbons (Fsp3) is 0.731. The van der Waals surface area contributed by atoms with Gasteiger partial charge in [-0.3, -0.25) is 9.59 Å². The average molecular weight is 839 g/mol. The molecule has 2 heterocycles. The standard InChI is InChI=1S/C52H75FN4O4/c1-6-9-10-11-36(4)50-27-47(35-61-8-3)28-51(31-50,33-52(29-47,32-50)45(59)57-43-17-18-54-24-42(43)53)40-14-12-39(13-15-40)48-22-38-21-46(25-48,34-60-7-2)26-49(23-38,30-48)44(58)56-41-16-19-55-37(5)20-41/h6,9-15,37-38,41-43,54-55H,4,7-8,16-35H2,1-3,5H3,(H,56,58)(H,57,59)/b9-6-,11-10-/t37-,38?,41-,42+,43+,46-,47+,48+,49?,50-,51?,52?/m0/s1. The van der Waals surface area contributed by atoms with Crippen molar-refractivity contribution in [1.29, 1.82) is 0 Å². The van der Waals surface area contributed by atoms with E-state index < -0.39 is 17.6 Å². The normalized spacial score (nSPS) is 43.6. The van der Waals surface area contributed by atoms with Crippen LogP contribution in [0.25, 0.3) is 0 Å². The number of halogens is 1. The minimum Gasteiger partial charge on any atom is -0.381 e. The van der Waals surface area contributed by atoms with Crippen molar-refractivity contribution in [1.82, 2.24) is 21.3 Å². The Labute approximate surface area is 365 Å². The van der Waals surface area contributed by atoms with E-state index >= 15 is 9.18 Å². The predicted molar refractivity (Wildman–Crippen MR) is 240 cm³/mol. The van der Waals surface area contributed by atoms with Gasteiger partial charge in [0, 0.05) is 31.8 Å². The highest BCUT2D eigenvalue weighted by molar-refractivity contribution is 5.85. The molecule has 8 nitrogen and oxygen atoms in total. The van der Waals surface area contributed by atoms with Crippen molar-refractivity contribution in [2.24, 2.45) is 33.0 Å². The van der Waals surface area contributed by atoms with Gasteiger partial charge in [0.1, 0.15) is 6.17 Å². The first-order chi connectivity index (χ1) is 29.3. The molecule has 1 aromatic carbocycles. The van der Waals surface area contributed by atoms with E-state index in [2.05, 4.69) is 84.5 Å². The number of allylic oxidation sites excluding steroid dienone is 5. The molecule has 2 saturated heterocycles. The lowest BCUT2D eigenvalue weighted by atomic mass is 9.33. The van der Waals surface area contributed by atoms with Gasteiger partial charge in [-0.1, -0.05) is 55.1 Å². The van der Waals surface area contributed by atoms with Crippen molar-refractivity contribution in [3.8, 4) is 0 Å². The summed E-state index contributed by atoms with van der Waals surface area (Å²) < 4.78 is 28.0. The second kappa shape index (κ2) is 16.3. The van der Waals surface area contributed by atoms with E-state index in [1.807, 2.05) is 13.0 Å². The number of carbonyl (C=O) groups is 2. The van der Waals surface area contributed by atoms with Crippen LogP contribution >= 0.6 is 0 Å². The molecule has 8 bridgehead atoms. The fourth-order valence-corrected chi connectivity index (χ4v) is 16.4. The second-order valence-electron chi connectivity index (χ2n) is 22.4. The molecular weight excluding hydrogens is 764 g/mol. The van der Waals surface area contributed by atoms with E-state index in [0.717, 1.165) is 109 Å². The van der Waals surface area contributed by atoms with Crippen LogP contribution in [0.5, 0.6) is 0 Å². The Morgan fingerprint density at radius 2 is 1.44 bits per heavy atom. The molecule has 2 amide bonds. The number of alkyl halides is 1. The molecule has 334 valence electrons. The lowest BCUT2D eigenvalue weighted by Gasteiger charge is -2.70. The number of nitrogens with one attached hydrogen (secondary N) is 4. The van der Waals surface area contributed by atoms with Crippen molar-refractivity contribution >= 4 is 11.8 Å². The minimum atomic E-state index is -1.10. The summed E-state index contributed by atoms with van der Waals surface area (Å²) in [5.74, 6) is 0.805. The quantitative estimate of drug-likeness (QED) is 0.133. The lowest BCUT2D eigenvalue weighted by Crippen LogP contribution is -2.68.